The molecule has 0 saturated heterocycles. The van der Waals surface area contributed by atoms with Crippen LogP contribution in [0.2, 0.25) is 0 Å². The molecule has 3 heteroatoms. The van der Waals surface area contributed by atoms with E-state index in [1.165, 1.54) is 54.6 Å². The summed E-state index contributed by atoms with van der Waals surface area (Å²) in [5.74, 6) is 0. The van der Waals surface area contributed by atoms with E-state index in [1.54, 1.807) is 0 Å². The lowest BCUT2D eigenvalue weighted by molar-refractivity contribution is 0.668. The Hall–Kier alpha value is -7.75. The van der Waals surface area contributed by atoms with Crippen LogP contribution < -0.4 is 0 Å². The molecular formula is C57H38N2O. The molecule has 1 aliphatic heterocycles. The van der Waals surface area contributed by atoms with Crippen molar-refractivity contribution in [2.24, 2.45) is 4.99 Å². The molecule has 0 fully saturated rings. The van der Waals surface area contributed by atoms with Gasteiger partial charge in [-0.3, -0.25) is 4.99 Å². The lowest BCUT2D eigenvalue weighted by Gasteiger charge is -2.15. The predicted octanol–water partition coefficient (Wildman–Crippen LogP) is 15.4. The second kappa shape index (κ2) is 13.7. The first-order valence-corrected chi connectivity index (χ1v) is 20.7. The van der Waals surface area contributed by atoms with Gasteiger partial charge < -0.3 is 8.98 Å². The highest BCUT2D eigenvalue weighted by molar-refractivity contribution is 6.22. The lowest BCUT2D eigenvalue weighted by Crippen LogP contribution is -2.04. The van der Waals surface area contributed by atoms with Gasteiger partial charge in [-0.15, -0.1) is 0 Å². The molecule has 0 N–H and O–H groups in total. The molecule has 0 saturated carbocycles. The normalized spacial score (nSPS) is 13.5. The molecule has 2 aromatic heterocycles. The van der Waals surface area contributed by atoms with Crippen LogP contribution in [0.15, 0.2) is 215 Å². The molecule has 0 bridgehead atoms. The SMILES string of the molecule is CC1=C(c2cccc3ccccc23)N=C(c2cc(-n3c4ccccc4c4cc5ccccc5cc43)cc3oc4ccccc4c23)CC=C1c1cccc(-c2ccccc2)c1. The van der Waals surface area contributed by atoms with Crippen molar-refractivity contribution in [1.82, 2.24) is 4.57 Å². The van der Waals surface area contributed by atoms with Gasteiger partial charge in [0.25, 0.3) is 0 Å². The second-order valence-electron chi connectivity index (χ2n) is 15.9. The summed E-state index contributed by atoms with van der Waals surface area (Å²) < 4.78 is 9.20. The van der Waals surface area contributed by atoms with E-state index < -0.39 is 0 Å². The standard InChI is InChI=1S/C57H38N2O/c1-36-44(42-22-13-21-39(31-42)37-15-3-2-4-16-37)29-30-51(58-57(36)47-26-14-20-38-17-7-8-23-45(38)47)50-34-43(35-55-56(50)48-25-10-12-28-54(48)60-55)59-52-27-11-9-24-46(52)49-32-40-18-5-6-19-41(40)33-53(49)59/h2-29,31-35H,30H2,1H3. The van der Waals surface area contributed by atoms with Crippen molar-refractivity contribution >= 4 is 82.3 Å². The summed E-state index contributed by atoms with van der Waals surface area (Å²) in [4.78, 5) is 5.82. The Kier molecular flexibility index (Phi) is 7.82. The largest absolute Gasteiger partial charge is 0.456 e. The number of para-hydroxylation sites is 2. The van der Waals surface area contributed by atoms with E-state index in [0.29, 0.717) is 6.42 Å². The zero-order valence-corrected chi connectivity index (χ0v) is 33.1. The van der Waals surface area contributed by atoms with Crippen LogP contribution in [0, 0.1) is 0 Å². The van der Waals surface area contributed by atoms with Gasteiger partial charge in [-0.1, -0.05) is 158 Å². The van der Waals surface area contributed by atoms with Gasteiger partial charge in [0, 0.05) is 45.2 Å². The molecule has 282 valence electrons. The van der Waals surface area contributed by atoms with Crippen LogP contribution in [0.3, 0.4) is 0 Å². The van der Waals surface area contributed by atoms with Crippen molar-refractivity contribution in [3.05, 3.63) is 222 Å². The van der Waals surface area contributed by atoms with Crippen molar-refractivity contribution < 1.29 is 4.42 Å². The van der Waals surface area contributed by atoms with E-state index >= 15 is 0 Å². The van der Waals surface area contributed by atoms with E-state index in [4.69, 9.17) is 9.41 Å². The molecule has 0 spiro atoms. The molecule has 11 aromatic rings. The van der Waals surface area contributed by atoms with Gasteiger partial charge in [0.1, 0.15) is 11.2 Å². The Morgan fingerprint density at radius 1 is 0.467 bits per heavy atom. The highest BCUT2D eigenvalue weighted by Gasteiger charge is 2.24. The number of benzene rings is 9. The van der Waals surface area contributed by atoms with E-state index in [-0.39, 0.29) is 0 Å². The maximum atomic E-state index is 6.79. The first-order chi connectivity index (χ1) is 29.7. The molecule has 9 aromatic carbocycles. The Labute approximate surface area is 347 Å². The summed E-state index contributed by atoms with van der Waals surface area (Å²) >= 11 is 0. The second-order valence-corrected chi connectivity index (χ2v) is 15.9. The van der Waals surface area contributed by atoms with E-state index in [0.717, 1.165) is 66.8 Å². The average Bonchev–Trinajstić information content (AvgIpc) is 3.78. The maximum absolute atomic E-state index is 6.79. The molecule has 0 radical (unpaired) electrons. The summed E-state index contributed by atoms with van der Waals surface area (Å²) in [5.41, 5.74) is 15.1. The fourth-order valence-corrected chi connectivity index (χ4v) is 9.57. The number of hydrogen-bond acceptors (Lipinski definition) is 2. The lowest BCUT2D eigenvalue weighted by atomic mass is 9.91. The zero-order valence-electron chi connectivity index (χ0n) is 33.1. The van der Waals surface area contributed by atoms with Crippen LogP contribution in [0.5, 0.6) is 0 Å². The molecule has 60 heavy (non-hydrogen) atoms. The third kappa shape index (κ3) is 5.47. The molecule has 0 aliphatic carbocycles. The van der Waals surface area contributed by atoms with Gasteiger partial charge in [0.2, 0.25) is 0 Å². The number of furan rings is 1. The van der Waals surface area contributed by atoms with Crippen molar-refractivity contribution in [1.29, 1.82) is 0 Å². The van der Waals surface area contributed by atoms with Crippen molar-refractivity contribution in [3.8, 4) is 16.8 Å². The summed E-state index contributed by atoms with van der Waals surface area (Å²) in [6.45, 7) is 2.24. The van der Waals surface area contributed by atoms with Gasteiger partial charge in [-0.25, -0.2) is 0 Å². The van der Waals surface area contributed by atoms with E-state index in [2.05, 4.69) is 212 Å². The first-order valence-electron chi connectivity index (χ1n) is 20.7. The Bertz CT molecular complexity index is 3630. The third-order valence-corrected chi connectivity index (χ3v) is 12.4. The summed E-state index contributed by atoms with van der Waals surface area (Å²) in [6.07, 6.45) is 3.02. The Balaban J connectivity index is 1.14. The molecular weight excluding hydrogens is 729 g/mol. The summed E-state index contributed by atoms with van der Waals surface area (Å²) in [5, 5.41) is 9.43. The minimum Gasteiger partial charge on any atom is -0.456 e. The Morgan fingerprint density at radius 2 is 1.13 bits per heavy atom. The molecule has 0 unspecified atom stereocenters. The van der Waals surface area contributed by atoms with Crippen LogP contribution in [0.25, 0.3) is 93.4 Å². The number of rotatable bonds is 5. The molecule has 0 atom stereocenters. The molecule has 3 heterocycles. The van der Waals surface area contributed by atoms with Gasteiger partial charge >= 0.3 is 0 Å². The van der Waals surface area contributed by atoms with Gasteiger partial charge in [0.15, 0.2) is 0 Å². The highest BCUT2D eigenvalue weighted by Crippen LogP contribution is 2.42. The smallest absolute Gasteiger partial charge is 0.138 e. The monoisotopic (exact) mass is 766 g/mol. The van der Waals surface area contributed by atoms with Crippen LogP contribution in [-0.2, 0) is 0 Å². The first kappa shape index (κ1) is 34.3. The van der Waals surface area contributed by atoms with Crippen LogP contribution in [-0.4, -0.2) is 10.3 Å². The number of fused-ring (bicyclic) bond motifs is 8. The van der Waals surface area contributed by atoms with Gasteiger partial charge in [-0.2, -0.15) is 0 Å². The van der Waals surface area contributed by atoms with Crippen LogP contribution >= 0.6 is 0 Å². The highest BCUT2D eigenvalue weighted by atomic mass is 16.3. The summed E-state index contributed by atoms with van der Waals surface area (Å²) in [7, 11) is 0. The minimum atomic E-state index is 0.631. The number of allylic oxidation sites excluding steroid dienone is 3. The van der Waals surface area contributed by atoms with Crippen molar-refractivity contribution in [3.63, 3.8) is 0 Å². The van der Waals surface area contributed by atoms with Crippen LogP contribution in [0.4, 0.5) is 0 Å². The average molecular weight is 767 g/mol. The fraction of sp³-hybridized carbons (Fsp3) is 0.0351. The van der Waals surface area contributed by atoms with E-state index in [9.17, 15) is 0 Å². The number of hydrogen-bond donors (Lipinski definition) is 0. The molecule has 1 aliphatic rings. The van der Waals surface area contributed by atoms with Crippen molar-refractivity contribution in [2.45, 2.75) is 13.3 Å². The quantitative estimate of drug-likeness (QED) is 0.172. The number of aliphatic imine (C=N–C) groups is 1. The summed E-state index contributed by atoms with van der Waals surface area (Å²) in [6, 6.07) is 69.8. The fourth-order valence-electron chi connectivity index (χ4n) is 9.57. The predicted molar refractivity (Wildman–Crippen MR) is 253 cm³/mol. The van der Waals surface area contributed by atoms with Crippen LogP contribution in [0.1, 0.15) is 30.0 Å². The minimum absolute atomic E-state index is 0.631. The number of nitrogens with zero attached hydrogens (tertiary/aromatic N) is 2. The van der Waals surface area contributed by atoms with Crippen molar-refractivity contribution in [2.75, 3.05) is 0 Å². The zero-order chi connectivity index (χ0) is 39.7. The topological polar surface area (TPSA) is 30.4 Å². The molecule has 0 amide bonds. The van der Waals surface area contributed by atoms with Gasteiger partial charge in [0.05, 0.1) is 28.1 Å². The molecule has 12 rings (SSSR count). The number of aromatic nitrogens is 1. The molecule has 3 nitrogen and oxygen atoms in total. The Morgan fingerprint density at radius 3 is 2.00 bits per heavy atom. The van der Waals surface area contributed by atoms with E-state index in [1.807, 2.05) is 0 Å². The maximum Gasteiger partial charge on any atom is 0.138 e. The third-order valence-electron chi connectivity index (χ3n) is 12.4. The van der Waals surface area contributed by atoms with Gasteiger partial charge in [-0.05, 0) is 92.7 Å².